The van der Waals surface area contributed by atoms with Crippen molar-refractivity contribution in [2.45, 2.75) is 17.2 Å². The van der Waals surface area contributed by atoms with Gasteiger partial charge < -0.3 is 15.2 Å². The summed E-state index contributed by atoms with van der Waals surface area (Å²) in [5.74, 6) is -0.681. The number of aromatic carboxylic acids is 1. The number of ether oxygens (including phenoxy) is 1. The van der Waals surface area contributed by atoms with Crippen LogP contribution in [0.1, 0.15) is 28.3 Å². The molecule has 1 amide bonds. The third-order valence-electron chi connectivity index (χ3n) is 5.75. The smallest absolute Gasteiger partial charge is 0.335 e. The van der Waals surface area contributed by atoms with Crippen LogP contribution in [0.2, 0.25) is 0 Å². The minimum atomic E-state index is -3.85. The molecular weight excluding hydrogens is 504 g/mol. The van der Waals surface area contributed by atoms with E-state index in [4.69, 9.17) is 9.84 Å². The second-order valence-electron chi connectivity index (χ2n) is 8.48. The molecule has 4 aromatic rings. The summed E-state index contributed by atoms with van der Waals surface area (Å²) in [6.45, 7) is -0.0000144. The number of sulfonamides is 1. The van der Waals surface area contributed by atoms with Crippen LogP contribution in [0.3, 0.4) is 0 Å². The van der Waals surface area contributed by atoms with Crippen LogP contribution in [0.25, 0.3) is 0 Å². The first-order valence-corrected chi connectivity index (χ1v) is 13.3. The van der Waals surface area contributed by atoms with Crippen LogP contribution < -0.4 is 14.8 Å². The predicted octanol–water partition coefficient (Wildman–Crippen LogP) is 5.27. The second kappa shape index (κ2) is 12.2. The van der Waals surface area contributed by atoms with Crippen molar-refractivity contribution in [2.75, 3.05) is 11.9 Å². The Labute approximate surface area is 221 Å². The van der Waals surface area contributed by atoms with Crippen LogP contribution in [-0.4, -0.2) is 31.9 Å². The number of rotatable bonds is 11. The van der Waals surface area contributed by atoms with Crippen LogP contribution in [0.5, 0.6) is 11.5 Å². The third kappa shape index (κ3) is 7.28. The molecule has 0 bridgehead atoms. The Morgan fingerprint density at radius 3 is 1.95 bits per heavy atom. The molecule has 0 saturated heterocycles. The highest BCUT2D eigenvalue weighted by molar-refractivity contribution is 7.89. The molecule has 1 atom stereocenters. The molecule has 1 unspecified atom stereocenters. The molecule has 0 radical (unpaired) electrons. The number of hydrogen-bond acceptors (Lipinski definition) is 5. The number of carbonyl (C=O) groups is 2. The van der Waals surface area contributed by atoms with Crippen molar-refractivity contribution in [3.05, 3.63) is 120 Å². The van der Waals surface area contributed by atoms with Gasteiger partial charge in [0.2, 0.25) is 15.9 Å². The number of carboxylic acid groups (broad SMARTS) is 1. The fourth-order valence-corrected chi connectivity index (χ4v) is 4.85. The maximum absolute atomic E-state index is 13.0. The lowest BCUT2D eigenvalue weighted by Crippen LogP contribution is -2.30. The molecule has 0 heterocycles. The molecule has 8 nitrogen and oxygen atoms in total. The average Bonchev–Trinajstić information content (AvgIpc) is 2.93. The zero-order chi connectivity index (χ0) is 27.0. The lowest BCUT2D eigenvalue weighted by atomic mass is 9.95. The Morgan fingerprint density at radius 1 is 0.763 bits per heavy atom. The fraction of sp³-hybridized carbons (Fsp3) is 0.103. The summed E-state index contributed by atoms with van der Waals surface area (Å²) in [6, 6.07) is 30.2. The summed E-state index contributed by atoms with van der Waals surface area (Å²) >= 11 is 0. The van der Waals surface area contributed by atoms with Gasteiger partial charge in [-0.25, -0.2) is 17.9 Å². The number of amides is 1. The zero-order valence-corrected chi connectivity index (χ0v) is 21.1. The Hall–Kier alpha value is -4.47. The van der Waals surface area contributed by atoms with E-state index in [9.17, 15) is 18.0 Å². The third-order valence-corrected chi connectivity index (χ3v) is 7.19. The van der Waals surface area contributed by atoms with E-state index in [0.29, 0.717) is 17.2 Å². The van der Waals surface area contributed by atoms with E-state index in [2.05, 4.69) is 10.0 Å². The molecule has 3 N–H and O–H groups in total. The number of nitrogens with one attached hydrogen (secondary N) is 2. The van der Waals surface area contributed by atoms with E-state index < -0.39 is 21.9 Å². The number of carboxylic acids is 1. The lowest BCUT2D eigenvalue weighted by Gasteiger charge is -2.18. The van der Waals surface area contributed by atoms with E-state index in [1.807, 2.05) is 48.5 Å². The van der Waals surface area contributed by atoms with Gasteiger partial charge in [0, 0.05) is 24.6 Å². The van der Waals surface area contributed by atoms with Gasteiger partial charge in [-0.15, -0.1) is 0 Å². The van der Waals surface area contributed by atoms with Gasteiger partial charge in [0.05, 0.1) is 10.5 Å². The number of benzene rings is 4. The van der Waals surface area contributed by atoms with Crippen molar-refractivity contribution in [3.63, 3.8) is 0 Å². The molecule has 0 aliphatic carbocycles. The minimum Gasteiger partial charge on any atom is -0.478 e. The molecule has 0 aliphatic heterocycles. The van der Waals surface area contributed by atoms with Gasteiger partial charge in [0.25, 0.3) is 0 Å². The maximum Gasteiger partial charge on any atom is 0.335 e. The van der Waals surface area contributed by atoms with Crippen LogP contribution >= 0.6 is 0 Å². The Bertz CT molecular complexity index is 1470. The van der Waals surface area contributed by atoms with Crippen LogP contribution in [0.4, 0.5) is 5.69 Å². The Balaban J connectivity index is 1.42. The minimum absolute atomic E-state index is 0.0000144. The first-order valence-electron chi connectivity index (χ1n) is 11.8. The SMILES string of the molecule is O=C(CC(CNS(=O)(=O)c1ccc(Oc2ccccc2)cc1)c1ccccc1)Nc1ccc(C(=O)O)cc1. The molecule has 38 heavy (non-hydrogen) atoms. The number of hydrogen-bond donors (Lipinski definition) is 3. The van der Waals surface area contributed by atoms with Gasteiger partial charge >= 0.3 is 5.97 Å². The van der Waals surface area contributed by atoms with Crippen LogP contribution in [0.15, 0.2) is 114 Å². The Morgan fingerprint density at radius 2 is 1.34 bits per heavy atom. The van der Waals surface area contributed by atoms with Crippen molar-refractivity contribution in [2.24, 2.45) is 0 Å². The molecular formula is C29H26N2O6S. The maximum atomic E-state index is 13.0. The van der Waals surface area contributed by atoms with Gasteiger partial charge in [-0.3, -0.25) is 4.79 Å². The predicted molar refractivity (Wildman–Crippen MR) is 144 cm³/mol. The highest BCUT2D eigenvalue weighted by Gasteiger charge is 2.21. The molecule has 0 saturated carbocycles. The summed E-state index contributed by atoms with van der Waals surface area (Å²) in [7, 11) is -3.85. The molecule has 0 fully saturated rings. The van der Waals surface area contributed by atoms with E-state index in [1.54, 1.807) is 24.3 Å². The highest BCUT2D eigenvalue weighted by Crippen LogP contribution is 2.24. The lowest BCUT2D eigenvalue weighted by molar-refractivity contribution is -0.116. The first kappa shape index (κ1) is 26.6. The molecule has 0 aliphatic rings. The topological polar surface area (TPSA) is 122 Å². The second-order valence-corrected chi connectivity index (χ2v) is 10.2. The van der Waals surface area contributed by atoms with Gasteiger partial charge in [0.1, 0.15) is 11.5 Å². The average molecular weight is 531 g/mol. The highest BCUT2D eigenvalue weighted by atomic mass is 32.2. The van der Waals surface area contributed by atoms with E-state index in [-0.39, 0.29) is 29.3 Å². The van der Waals surface area contributed by atoms with Gasteiger partial charge in [-0.1, -0.05) is 48.5 Å². The quantitative estimate of drug-likeness (QED) is 0.243. The zero-order valence-electron chi connectivity index (χ0n) is 20.3. The van der Waals surface area contributed by atoms with Gasteiger partial charge in [-0.2, -0.15) is 0 Å². The summed E-state index contributed by atoms with van der Waals surface area (Å²) < 4.78 is 34.3. The van der Waals surface area contributed by atoms with Crippen molar-refractivity contribution >= 4 is 27.6 Å². The van der Waals surface area contributed by atoms with Gasteiger partial charge in [-0.05, 0) is 66.2 Å². The Kier molecular flexibility index (Phi) is 8.52. The molecule has 194 valence electrons. The van der Waals surface area contributed by atoms with Crippen molar-refractivity contribution < 1.29 is 27.9 Å². The largest absolute Gasteiger partial charge is 0.478 e. The van der Waals surface area contributed by atoms with Crippen molar-refractivity contribution in [1.29, 1.82) is 0 Å². The summed E-state index contributed by atoms with van der Waals surface area (Å²) in [4.78, 5) is 23.9. The van der Waals surface area contributed by atoms with Gasteiger partial charge in [0.15, 0.2) is 0 Å². The molecule has 4 aromatic carbocycles. The standard InChI is InChI=1S/C29H26N2O6S/c32-28(31-24-13-11-22(12-14-24)29(33)34)19-23(21-7-3-1-4-8-21)20-30-38(35,36)27-17-15-26(16-18-27)37-25-9-5-2-6-10-25/h1-18,23,30H,19-20H2,(H,31,32)(H,33,34). The first-order chi connectivity index (χ1) is 18.3. The van der Waals surface area contributed by atoms with Crippen LogP contribution in [0, 0.1) is 0 Å². The molecule has 4 rings (SSSR count). The summed E-state index contributed by atoms with van der Waals surface area (Å²) in [5.41, 5.74) is 1.36. The molecule has 0 aromatic heterocycles. The number of anilines is 1. The number of carbonyl (C=O) groups excluding carboxylic acids is 1. The monoisotopic (exact) mass is 530 g/mol. The normalized spacial score (nSPS) is 11.9. The molecule has 0 spiro atoms. The van der Waals surface area contributed by atoms with Crippen molar-refractivity contribution in [1.82, 2.24) is 4.72 Å². The van der Waals surface area contributed by atoms with Crippen LogP contribution in [-0.2, 0) is 14.8 Å². The van der Waals surface area contributed by atoms with E-state index in [0.717, 1.165) is 5.56 Å². The molecule has 9 heteroatoms. The van der Waals surface area contributed by atoms with E-state index in [1.165, 1.54) is 36.4 Å². The summed E-state index contributed by atoms with van der Waals surface area (Å²) in [5, 5.41) is 11.8. The van der Waals surface area contributed by atoms with E-state index >= 15 is 0 Å². The fourth-order valence-electron chi connectivity index (χ4n) is 3.77. The summed E-state index contributed by atoms with van der Waals surface area (Å²) in [6.07, 6.45) is 0.0110. The van der Waals surface area contributed by atoms with Crippen molar-refractivity contribution in [3.8, 4) is 11.5 Å². The number of para-hydroxylation sites is 1.